The highest BCUT2D eigenvalue weighted by molar-refractivity contribution is 5.96. The molecule has 0 aliphatic heterocycles. The number of nitrogens with one attached hydrogen (secondary N) is 2. The van der Waals surface area contributed by atoms with Gasteiger partial charge in [0.1, 0.15) is 0 Å². The highest BCUT2D eigenvalue weighted by Crippen LogP contribution is 2.09. The number of hydrazine groups is 1. The fourth-order valence-corrected chi connectivity index (χ4v) is 1.46. The van der Waals surface area contributed by atoms with E-state index in [1.165, 1.54) is 0 Å². The Labute approximate surface area is 113 Å². The predicted octanol–water partition coefficient (Wildman–Crippen LogP) is 1.05. The average Bonchev–Trinajstić information content (AvgIpc) is 2.37. The molecule has 0 heterocycles. The number of nitrogens with two attached hydrogens (primary N) is 1. The Kier molecular flexibility index (Phi) is 5.06. The van der Waals surface area contributed by atoms with Crippen LogP contribution in [0.15, 0.2) is 18.2 Å². The Hall–Kier alpha value is -1.88. The van der Waals surface area contributed by atoms with E-state index in [0.29, 0.717) is 5.56 Å². The number of carbonyl (C=O) groups is 2. The SMILES string of the molecule is Cc1ccc(C(=O)NNC(=O)C(N)C(C)C)cc1C. The van der Waals surface area contributed by atoms with E-state index in [1.807, 2.05) is 33.8 Å². The molecule has 19 heavy (non-hydrogen) atoms. The summed E-state index contributed by atoms with van der Waals surface area (Å²) in [6.07, 6.45) is 0. The number of amides is 2. The molecule has 1 aromatic rings. The normalized spacial score (nSPS) is 12.1. The van der Waals surface area contributed by atoms with Crippen LogP contribution in [0.3, 0.4) is 0 Å². The largest absolute Gasteiger partial charge is 0.320 e. The molecule has 5 nitrogen and oxygen atoms in total. The predicted molar refractivity (Wildman–Crippen MR) is 74.3 cm³/mol. The minimum atomic E-state index is -0.639. The van der Waals surface area contributed by atoms with Crippen molar-refractivity contribution in [2.75, 3.05) is 0 Å². The summed E-state index contributed by atoms with van der Waals surface area (Å²) in [6.45, 7) is 7.59. The van der Waals surface area contributed by atoms with Gasteiger partial charge in [0.15, 0.2) is 0 Å². The molecule has 0 aliphatic carbocycles. The van der Waals surface area contributed by atoms with Gasteiger partial charge in [0.2, 0.25) is 0 Å². The van der Waals surface area contributed by atoms with E-state index in [1.54, 1.807) is 12.1 Å². The number of carbonyl (C=O) groups excluding carboxylic acids is 2. The molecule has 1 unspecified atom stereocenters. The Morgan fingerprint density at radius 3 is 2.26 bits per heavy atom. The quantitative estimate of drug-likeness (QED) is 0.713. The molecule has 1 atom stereocenters. The third kappa shape index (κ3) is 4.06. The van der Waals surface area contributed by atoms with E-state index < -0.39 is 11.9 Å². The molecule has 2 amide bonds. The molecule has 0 spiro atoms. The van der Waals surface area contributed by atoms with Crippen molar-refractivity contribution in [3.63, 3.8) is 0 Å². The first-order chi connectivity index (χ1) is 8.82. The maximum atomic E-state index is 11.8. The third-order valence-electron chi connectivity index (χ3n) is 3.09. The van der Waals surface area contributed by atoms with E-state index in [-0.39, 0.29) is 11.8 Å². The second kappa shape index (κ2) is 6.33. The first kappa shape index (κ1) is 15.2. The monoisotopic (exact) mass is 263 g/mol. The van der Waals surface area contributed by atoms with Crippen molar-refractivity contribution in [3.05, 3.63) is 34.9 Å². The van der Waals surface area contributed by atoms with Crippen LogP contribution in [0.2, 0.25) is 0 Å². The van der Waals surface area contributed by atoms with Crippen LogP contribution in [-0.2, 0) is 4.79 Å². The lowest BCUT2D eigenvalue weighted by atomic mass is 10.1. The van der Waals surface area contributed by atoms with Gasteiger partial charge in [-0.05, 0) is 43.0 Å². The first-order valence-electron chi connectivity index (χ1n) is 6.26. The fraction of sp³-hybridized carbons (Fsp3) is 0.429. The molecular weight excluding hydrogens is 242 g/mol. The highest BCUT2D eigenvalue weighted by Gasteiger charge is 2.17. The Morgan fingerprint density at radius 2 is 1.74 bits per heavy atom. The summed E-state index contributed by atoms with van der Waals surface area (Å²) in [5.41, 5.74) is 13.0. The van der Waals surface area contributed by atoms with Crippen LogP contribution in [0, 0.1) is 19.8 Å². The van der Waals surface area contributed by atoms with Crippen LogP contribution < -0.4 is 16.6 Å². The zero-order valence-electron chi connectivity index (χ0n) is 11.8. The van der Waals surface area contributed by atoms with Crippen LogP contribution in [0.25, 0.3) is 0 Å². The van der Waals surface area contributed by atoms with Crippen molar-refractivity contribution in [2.24, 2.45) is 11.7 Å². The molecule has 4 N–H and O–H groups in total. The van der Waals surface area contributed by atoms with Crippen molar-refractivity contribution in [1.82, 2.24) is 10.9 Å². The molecule has 0 saturated heterocycles. The molecule has 0 bridgehead atoms. The molecule has 0 saturated carbocycles. The zero-order chi connectivity index (χ0) is 14.6. The Balaban J connectivity index is 2.61. The van der Waals surface area contributed by atoms with Gasteiger partial charge in [-0.2, -0.15) is 0 Å². The highest BCUT2D eigenvalue weighted by atomic mass is 16.2. The van der Waals surface area contributed by atoms with Crippen molar-refractivity contribution in [1.29, 1.82) is 0 Å². The molecule has 1 aromatic carbocycles. The van der Waals surface area contributed by atoms with E-state index in [0.717, 1.165) is 11.1 Å². The minimum Gasteiger partial charge on any atom is -0.320 e. The molecule has 104 valence electrons. The minimum absolute atomic E-state index is 0.0125. The van der Waals surface area contributed by atoms with Gasteiger partial charge >= 0.3 is 0 Å². The van der Waals surface area contributed by atoms with E-state index in [2.05, 4.69) is 10.9 Å². The van der Waals surface area contributed by atoms with Crippen LogP contribution in [0.4, 0.5) is 0 Å². The maximum absolute atomic E-state index is 11.8. The molecule has 0 radical (unpaired) electrons. The van der Waals surface area contributed by atoms with Gasteiger partial charge in [0.25, 0.3) is 11.8 Å². The van der Waals surface area contributed by atoms with E-state index >= 15 is 0 Å². The van der Waals surface area contributed by atoms with Gasteiger partial charge in [0, 0.05) is 5.56 Å². The zero-order valence-corrected chi connectivity index (χ0v) is 11.8. The van der Waals surface area contributed by atoms with Crippen molar-refractivity contribution >= 4 is 11.8 Å². The summed E-state index contributed by atoms with van der Waals surface area (Å²) in [4.78, 5) is 23.4. The van der Waals surface area contributed by atoms with Gasteiger partial charge < -0.3 is 5.73 Å². The van der Waals surface area contributed by atoms with Gasteiger partial charge in [-0.25, -0.2) is 0 Å². The molecule has 0 aromatic heterocycles. The number of hydrogen-bond acceptors (Lipinski definition) is 3. The van der Waals surface area contributed by atoms with E-state index in [4.69, 9.17) is 5.73 Å². The molecule has 5 heteroatoms. The second-order valence-electron chi connectivity index (χ2n) is 5.01. The van der Waals surface area contributed by atoms with Crippen LogP contribution in [-0.4, -0.2) is 17.9 Å². The smallest absolute Gasteiger partial charge is 0.269 e. The lowest BCUT2D eigenvalue weighted by Gasteiger charge is -2.15. The topological polar surface area (TPSA) is 84.2 Å². The number of aryl methyl sites for hydroxylation is 2. The summed E-state index contributed by atoms with van der Waals surface area (Å²) in [7, 11) is 0. The summed E-state index contributed by atoms with van der Waals surface area (Å²) >= 11 is 0. The van der Waals surface area contributed by atoms with Crippen molar-refractivity contribution in [3.8, 4) is 0 Å². The van der Waals surface area contributed by atoms with E-state index in [9.17, 15) is 9.59 Å². The lowest BCUT2D eigenvalue weighted by Crippen LogP contribution is -2.51. The van der Waals surface area contributed by atoms with Gasteiger partial charge in [-0.1, -0.05) is 19.9 Å². The number of hydrogen-bond donors (Lipinski definition) is 3. The first-order valence-corrected chi connectivity index (χ1v) is 6.26. The summed E-state index contributed by atoms with van der Waals surface area (Å²) in [5.74, 6) is -0.738. The van der Waals surface area contributed by atoms with Gasteiger partial charge in [0.05, 0.1) is 6.04 Å². The second-order valence-corrected chi connectivity index (χ2v) is 5.01. The number of benzene rings is 1. The van der Waals surface area contributed by atoms with Crippen molar-refractivity contribution in [2.45, 2.75) is 33.7 Å². The summed E-state index contributed by atoms with van der Waals surface area (Å²) in [6, 6.07) is 4.72. The van der Waals surface area contributed by atoms with Crippen LogP contribution in [0.5, 0.6) is 0 Å². The standard InChI is InChI=1S/C14H21N3O2/c1-8(2)12(15)14(19)17-16-13(18)11-6-5-9(3)10(4)7-11/h5-8,12H,15H2,1-4H3,(H,16,18)(H,17,19). The Bertz CT molecular complexity index is 484. The molecule has 1 rings (SSSR count). The lowest BCUT2D eigenvalue weighted by molar-refractivity contribution is -0.124. The number of rotatable bonds is 3. The summed E-state index contributed by atoms with van der Waals surface area (Å²) in [5, 5.41) is 0. The molecular formula is C14H21N3O2. The maximum Gasteiger partial charge on any atom is 0.269 e. The average molecular weight is 263 g/mol. The molecule has 0 fully saturated rings. The van der Waals surface area contributed by atoms with Crippen LogP contribution >= 0.6 is 0 Å². The van der Waals surface area contributed by atoms with Gasteiger partial charge in [-0.15, -0.1) is 0 Å². The van der Waals surface area contributed by atoms with Gasteiger partial charge in [-0.3, -0.25) is 20.4 Å². The van der Waals surface area contributed by atoms with Crippen molar-refractivity contribution < 1.29 is 9.59 Å². The Morgan fingerprint density at radius 1 is 1.11 bits per heavy atom. The third-order valence-corrected chi connectivity index (χ3v) is 3.09. The fourth-order valence-electron chi connectivity index (χ4n) is 1.46. The summed E-state index contributed by atoms with van der Waals surface area (Å²) < 4.78 is 0. The van der Waals surface area contributed by atoms with Crippen LogP contribution in [0.1, 0.15) is 35.3 Å². The molecule has 0 aliphatic rings.